The average Bonchev–Trinajstić information content (AvgIpc) is 1.71. The lowest BCUT2D eigenvalue weighted by molar-refractivity contribution is -0.669. The molecule has 4 aliphatic rings. The molecule has 8 aromatic rings. The number of anilines is 4. The van der Waals surface area contributed by atoms with Crippen LogP contribution in [0.2, 0.25) is 0 Å². The molecule has 1 aliphatic heterocycles. The first kappa shape index (κ1) is 71.7. The maximum absolute atomic E-state index is 13.1. The van der Waals surface area contributed by atoms with Crippen LogP contribution in [0.25, 0.3) is 43.9 Å². The van der Waals surface area contributed by atoms with Gasteiger partial charge in [0.15, 0.2) is 17.9 Å². The third kappa shape index (κ3) is 15.1. The van der Waals surface area contributed by atoms with E-state index >= 15 is 0 Å². The van der Waals surface area contributed by atoms with Gasteiger partial charge in [-0.2, -0.15) is 4.57 Å². The predicted octanol–water partition coefficient (Wildman–Crippen LogP) is 16.8. The summed E-state index contributed by atoms with van der Waals surface area (Å²) in [4.78, 5) is 65.4. The summed E-state index contributed by atoms with van der Waals surface area (Å²) in [6.45, 7) is 40.1. The van der Waals surface area contributed by atoms with E-state index in [1.54, 1.807) is 48.6 Å². The number of fused-ring (bicyclic) bond motifs is 4. The number of hydrogen-bond donors (Lipinski definition) is 1. The van der Waals surface area contributed by atoms with Crippen LogP contribution in [-0.2, 0) is 20.9 Å². The highest BCUT2D eigenvalue weighted by Gasteiger charge is 2.34. The Bertz CT molecular complexity index is 5070. The molecule has 17 heteroatoms. The number of aliphatic imine (C=N–C) groups is 3. The number of nitrogens with one attached hydrogen (secondary N) is 1. The lowest BCUT2D eigenvalue weighted by Gasteiger charge is -2.32. The summed E-state index contributed by atoms with van der Waals surface area (Å²) in [6, 6.07) is 56.1. The van der Waals surface area contributed by atoms with Crippen LogP contribution in [0.15, 0.2) is 237 Å². The number of rotatable bonds is 16. The molecule has 2 heterocycles. The van der Waals surface area contributed by atoms with Crippen LogP contribution in [0.5, 0.6) is 0 Å². The summed E-state index contributed by atoms with van der Waals surface area (Å²) in [5, 5.41) is 36.2. The summed E-state index contributed by atoms with van der Waals surface area (Å²) in [6.07, 6.45) is 10.5. The third-order valence-corrected chi connectivity index (χ3v) is 17.8. The van der Waals surface area contributed by atoms with Crippen molar-refractivity contribution in [2.75, 3.05) is 52.7 Å². The monoisotopic (exact) mass is 1340 g/mol. The van der Waals surface area contributed by atoms with Crippen molar-refractivity contribution in [2.24, 2.45) is 15.0 Å². The largest absolute Gasteiger partial charge is 0.871 e. The zero-order valence-corrected chi connectivity index (χ0v) is 58.8. The van der Waals surface area contributed by atoms with E-state index in [1.807, 2.05) is 142 Å². The SMILES string of the molecule is CCN(CC)c1cc(C)c(N=C2C=C(OC=Nc3ccc(C)cc3)C(=O)c3ccccc32)c(C)c1.CCN1C(=CC2=C([O-])C(=Cc3ccc4ccccc4[n+]3CC)C2=O)C=Cc2ccccc21.[C-]#[N+]/C(C#N)=C1/C(=Nc2ccc(N(CC)CC)cc2NC(C)=O)/C(=C(\C#N)[N+]#[C-])c2ccccc21. The van der Waals surface area contributed by atoms with Gasteiger partial charge in [0.2, 0.25) is 22.9 Å². The fraction of sp³-hybridized carbons (Fsp3) is 0.188. The van der Waals surface area contributed by atoms with Crippen molar-refractivity contribution >= 4 is 109 Å². The zero-order chi connectivity index (χ0) is 72.7. The number of amides is 1. The number of ketones is 2. The minimum Gasteiger partial charge on any atom is -0.871 e. The van der Waals surface area contributed by atoms with Gasteiger partial charge in [0, 0.05) is 125 Å². The molecule has 0 radical (unpaired) electrons. The third-order valence-electron chi connectivity index (χ3n) is 17.8. The summed E-state index contributed by atoms with van der Waals surface area (Å²) in [5.41, 5.74) is 16.8. The standard InChI is InChI=1S/C30H31N3O2.C28H24N2O2.C27H21N7O/c1-6-33(7-2)24-16-21(4)29(22(5)17-24)32-27-18-28(30(34)26-11-9-8-10-25(26)27)35-19-31-23-14-12-20(3)13-15-23;1-3-29-21(15-13-19-9-5-7-11-25(19)29)17-23-27(31)24(28(23)32)18-22-16-14-20-10-6-8-12-26(20)30(22)4-2;1-6-34(7-2)18-12-13-21(22(14-18)32-17(3)35)33-27-25(23(15-28)30-4)19-10-8-9-11-20(19)26(27)24(16-29)31-5/h8-19H,6-7H2,1-5H3;5-18H,3-4H2,1-2H3;8-14H,6-7H2,1-3H3,(H,32,35)/b;;25-23+,26-24+. The molecule has 0 saturated carbocycles. The Morgan fingerprint density at radius 1 is 0.676 bits per heavy atom. The number of ether oxygens (including phenoxy) is 1. The van der Waals surface area contributed by atoms with Gasteiger partial charge in [-0.15, -0.1) is 0 Å². The van der Waals surface area contributed by atoms with Crippen LogP contribution in [0.1, 0.15) is 103 Å². The Balaban J connectivity index is 0.000000165. The topological polar surface area (TPSA) is 203 Å². The molecule has 12 rings (SSSR count). The molecule has 3 aliphatic carbocycles. The first-order valence-electron chi connectivity index (χ1n) is 33.8. The highest BCUT2D eigenvalue weighted by molar-refractivity contribution is 6.52. The van der Waals surface area contributed by atoms with Gasteiger partial charge in [-0.3, -0.25) is 14.4 Å². The van der Waals surface area contributed by atoms with Crippen LogP contribution in [-0.4, -0.2) is 68.0 Å². The number of allylic oxidation sites excluding steroid dienone is 10. The molecule has 102 heavy (non-hydrogen) atoms. The Morgan fingerprint density at radius 3 is 1.87 bits per heavy atom. The first-order valence-corrected chi connectivity index (χ1v) is 33.8. The minimum absolute atomic E-state index is 0.175. The molecule has 0 saturated heterocycles. The normalized spacial score (nSPS) is 15.5. The molecular weight excluding hydrogens is 1270 g/mol. The Labute approximate surface area is 596 Å². The van der Waals surface area contributed by atoms with Crippen molar-refractivity contribution in [3.8, 4) is 12.1 Å². The highest BCUT2D eigenvalue weighted by Crippen LogP contribution is 2.45. The van der Waals surface area contributed by atoms with E-state index in [9.17, 15) is 30.0 Å². The quantitative estimate of drug-likeness (QED) is 0.0242. The van der Waals surface area contributed by atoms with Crippen molar-refractivity contribution in [3.05, 3.63) is 295 Å². The maximum Gasteiger partial charge on any atom is 0.271 e. The number of benzene rings is 7. The van der Waals surface area contributed by atoms with Crippen molar-refractivity contribution < 1.29 is 28.8 Å². The van der Waals surface area contributed by atoms with Gasteiger partial charge in [0.25, 0.3) is 11.4 Å². The highest BCUT2D eigenvalue weighted by atomic mass is 16.5. The lowest BCUT2D eigenvalue weighted by Crippen LogP contribution is -2.37. The van der Waals surface area contributed by atoms with E-state index in [2.05, 4.69) is 117 Å². The Morgan fingerprint density at radius 2 is 1.27 bits per heavy atom. The first-order chi connectivity index (χ1) is 49.5. The summed E-state index contributed by atoms with van der Waals surface area (Å²) in [7, 11) is 0. The number of carbonyl (C=O) groups is 3. The van der Waals surface area contributed by atoms with Crippen LogP contribution in [0.3, 0.4) is 0 Å². The molecular formula is C85H76N12O5. The number of nitrogens with zero attached hydrogens (tertiary/aromatic N) is 11. The maximum atomic E-state index is 13.1. The van der Waals surface area contributed by atoms with Gasteiger partial charge in [-0.05, 0) is 163 Å². The number of aromatic nitrogens is 1. The predicted molar refractivity (Wildman–Crippen MR) is 407 cm³/mol. The molecule has 0 fully saturated rings. The molecule has 0 atom stereocenters. The summed E-state index contributed by atoms with van der Waals surface area (Å²) >= 11 is 0. The number of hydrogen-bond acceptors (Lipinski definition) is 13. The van der Waals surface area contributed by atoms with E-state index in [4.69, 9.17) is 27.9 Å². The molecule has 1 N–H and O–H groups in total. The van der Waals surface area contributed by atoms with Gasteiger partial charge in [-0.25, -0.2) is 35.2 Å². The fourth-order valence-corrected chi connectivity index (χ4v) is 12.7. The van der Waals surface area contributed by atoms with Gasteiger partial charge < -0.3 is 29.9 Å². The second kappa shape index (κ2) is 32.5. The van der Waals surface area contributed by atoms with Gasteiger partial charge in [-0.1, -0.05) is 108 Å². The van der Waals surface area contributed by atoms with Gasteiger partial charge in [0.1, 0.15) is 6.54 Å². The number of nitriles is 2. The molecule has 0 bridgehead atoms. The van der Waals surface area contributed by atoms with Crippen LogP contribution in [0.4, 0.5) is 39.8 Å². The van der Waals surface area contributed by atoms with Crippen molar-refractivity contribution in [3.63, 3.8) is 0 Å². The lowest BCUT2D eigenvalue weighted by atomic mass is 9.86. The average molecular weight is 1350 g/mol. The van der Waals surface area contributed by atoms with E-state index in [0.29, 0.717) is 33.8 Å². The Kier molecular flexibility index (Phi) is 22.8. The molecule has 17 nitrogen and oxygen atoms in total. The molecule has 1 amide bonds. The smallest absolute Gasteiger partial charge is 0.271 e. The van der Waals surface area contributed by atoms with E-state index in [1.165, 1.54) is 19.0 Å². The van der Waals surface area contributed by atoms with Crippen molar-refractivity contribution in [2.45, 2.75) is 75.8 Å². The van der Waals surface area contributed by atoms with Crippen molar-refractivity contribution in [1.82, 2.24) is 0 Å². The summed E-state index contributed by atoms with van der Waals surface area (Å²) in [5.74, 6) is -0.654. The number of para-hydroxylation sites is 2. The van der Waals surface area contributed by atoms with Gasteiger partial charge >= 0.3 is 0 Å². The molecule has 506 valence electrons. The fourth-order valence-electron chi connectivity index (χ4n) is 12.7. The van der Waals surface area contributed by atoms with Gasteiger partial charge in [0.05, 0.1) is 59.5 Å². The Hall–Kier alpha value is -13.1. The van der Waals surface area contributed by atoms with Crippen LogP contribution in [0, 0.1) is 56.6 Å². The molecule has 7 aromatic carbocycles. The van der Waals surface area contributed by atoms with Crippen molar-refractivity contribution in [1.29, 1.82) is 10.5 Å². The minimum atomic E-state index is -0.290. The van der Waals surface area contributed by atoms with E-state index in [0.717, 1.165) is 112 Å². The molecule has 0 unspecified atom stereocenters. The number of carbonyl (C=O) groups excluding carboxylic acids is 3. The number of pyridine rings is 1. The van der Waals surface area contributed by atoms with E-state index in [-0.39, 0.29) is 68.4 Å². The summed E-state index contributed by atoms with van der Waals surface area (Å²) < 4.78 is 7.85. The van der Waals surface area contributed by atoms with E-state index < -0.39 is 0 Å². The van der Waals surface area contributed by atoms with Crippen LogP contribution < -0.4 is 29.7 Å². The second-order valence-corrected chi connectivity index (χ2v) is 24.0. The van der Waals surface area contributed by atoms with Crippen LogP contribution >= 0.6 is 0 Å². The number of likely N-dealkylation sites (N-methyl/N-ethyl adjacent to an activating group) is 1. The second-order valence-electron chi connectivity index (χ2n) is 24.0. The zero-order valence-electron chi connectivity index (χ0n) is 58.8. The molecule has 0 spiro atoms. The molecule has 1 aromatic heterocycles. The number of aryl methyl sites for hydroxylation is 4. The number of Topliss-reactive ketones (excluding diaryl/α,β-unsaturated/α-hetero) is 2.